The van der Waals surface area contributed by atoms with Crippen molar-refractivity contribution in [2.75, 3.05) is 6.61 Å². The van der Waals surface area contributed by atoms with Crippen LogP contribution < -0.4 is 10.2 Å². The molecule has 1 amide bonds. The number of carbonyl (C=O) groups is 1. The van der Waals surface area contributed by atoms with Crippen LogP contribution >= 0.6 is 11.6 Å². The predicted octanol–water partition coefficient (Wildman–Crippen LogP) is 4.14. The lowest BCUT2D eigenvalue weighted by molar-refractivity contribution is 0.0955. The Labute approximate surface area is 141 Å². The first-order valence-electron chi connectivity index (χ1n) is 7.37. The number of carbonyl (C=O) groups excluding carboxylic acids is 1. The zero-order valence-corrected chi connectivity index (χ0v) is 13.9. The van der Waals surface area contributed by atoms with Crippen molar-refractivity contribution in [2.45, 2.75) is 13.8 Å². The topological polar surface area (TPSA) is 50.7 Å². The minimum Gasteiger partial charge on any atom is -0.493 e. The van der Waals surface area contributed by atoms with Gasteiger partial charge < -0.3 is 4.74 Å². The number of halogens is 1. The van der Waals surface area contributed by atoms with Gasteiger partial charge in [-0.1, -0.05) is 49.7 Å². The van der Waals surface area contributed by atoms with Crippen LogP contribution in [0.2, 0.25) is 5.02 Å². The van der Waals surface area contributed by atoms with Crippen molar-refractivity contribution >= 4 is 23.7 Å². The smallest absolute Gasteiger partial charge is 0.272 e. The van der Waals surface area contributed by atoms with Crippen molar-refractivity contribution in [2.24, 2.45) is 11.0 Å². The average molecular weight is 331 g/mol. The fraction of sp³-hybridized carbons (Fsp3) is 0.222. The average Bonchev–Trinajstić information content (AvgIpc) is 2.53. The quantitative estimate of drug-likeness (QED) is 0.639. The molecule has 1 N–H and O–H groups in total. The monoisotopic (exact) mass is 330 g/mol. The van der Waals surface area contributed by atoms with Crippen LogP contribution in [0.1, 0.15) is 29.8 Å². The molecule has 0 atom stereocenters. The molecule has 0 aromatic heterocycles. The van der Waals surface area contributed by atoms with Gasteiger partial charge >= 0.3 is 0 Å². The van der Waals surface area contributed by atoms with Crippen molar-refractivity contribution in [3.63, 3.8) is 0 Å². The third kappa shape index (κ3) is 5.42. The van der Waals surface area contributed by atoms with Gasteiger partial charge in [-0.05, 0) is 35.7 Å². The van der Waals surface area contributed by atoms with Crippen LogP contribution in [0, 0.1) is 5.92 Å². The van der Waals surface area contributed by atoms with Crippen LogP contribution in [0.4, 0.5) is 0 Å². The maximum atomic E-state index is 12.0. The van der Waals surface area contributed by atoms with Gasteiger partial charge in [-0.25, -0.2) is 5.43 Å². The first-order valence-corrected chi connectivity index (χ1v) is 7.75. The third-order valence-corrected chi connectivity index (χ3v) is 3.27. The van der Waals surface area contributed by atoms with Gasteiger partial charge in [0.1, 0.15) is 5.75 Å². The summed E-state index contributed by atoms with van der Waals surface area (Å²) in [4.78, 5) is 12.0. The Bertz CT molecular complexity index is 699. The maximum absolute atomic E-state index is 12.0. The van der Waals surface area contributed by atoms with Gasteiger partial charge in [0.15, 0.2) is 0 Å². The lowest BCUT2D eigenvalue weighted by Crippen LogP contribution is -2.17. The van der Waals surface area contributed by atoms with Crippen molar-refractivity contribution in [3.05, 3.63) is 64.7 Å². The maximum Gasteiger partial charge on any atom is 0.272 e. The van der Waals surface area contributed by atoms with Gasteiger partial charge in [-0.15, -0.1) is 0 Å². The number of amides is 1. The minimum atomic E-state index is -0.348. The number of benzene rings is 2. The lowest BCUT2D eigenvalue weighted by atomic mass is 10.2. The molecule has 120 valence electrons. The summed E-state index contributed by atoms with van der Waals surface area (Å²) in [6, 6.07) is 14.4. The zero-order valence-electron chi connectivity index (χ0n) is 13.1. The van der Waals surface area contributed by atoms with Crippen molar-refractivity contribution < 1.29 is 9.53 Å². The third-order valence-electron chi connectivity index (χ3n) is 2.94. The molecule has 23 heavy (non-hydrogen) atoms. The molecule has 2 aromatic rings. The van der Waals surface area contributed by atoms with Crippen LogP contribution in [-0.2, 0) is 0 Å². The Hall–Kier alpha value is -2.33. The van der Waals surface area contributed by atoms with Crippen LogP contribution in [0.5, 0.6) is 5.75 Å². The number of rotatable bonds is 6. The number of hydrazone groups is 1. The van der Waals surface area contributed by atoms with E-state index >= 15 is 0 Å². The van der Waals surface area contributed by atoms with Gasteiger partial charge in [0.05, 0.1) is 23.4 Å². The molecular formula is C18H19ClN2O2. The SMILES string of the molecule is CC(C)COc1cccc(/C=N\NC(=O)c2ccccc2Cl)c1. The predicted molar refractivity (Wildman–Crippen MR) is 93.3 cm³/mol. The molecule has 0 radical (unpaired) electrons. The van der Waals surface area contributed by atoms with E-state index in [0.29, 0.717) is 23.1 Å². The summed E-state index contributed by atoms with van der Waals surface area (Å²) in [6.07, 6.45) is 1.57. The van der Waals surface area contributed by atoms with Crippen molar-refractivity contribution in [1.29, 1.82) is 0 Å². The molecular weight excluding hydrogens is 312 g/mol. The van der Waals surface area contributed by atoms with Crippen LogP contribution in [0.3, 0.4) is 0 Å². The number of hydrogen-bond donors (Lipinski definition) is 1. The van der Waals surface area contributed by atoms with E-state index in [2.05, 4.69) is 24.4 Å². The van der Waals surface area contributed by atoms with Crippen molar-refractivity contribution in [1.82, 2.24) is 5.43 Å². The van der Waals surface area contributed by atoms with E-state index in [9.17, 15) is 4.79 Å². The Balaban J connectivity index is 1.96. The summed E-state index contributed by atoms with van der Waals surface area (Å²) >= 11 is 5.97. The summed E-state index contributed by atoms with van der Waals surface area (Å²) < 4.78 is 5.65. The normalized spacial score (nSPS) is 11.0. The molecule has 0 saturated carbocycles. The highest BCUT2D eigenvalue weighted by atomic mass is 35.5. The molecule has 0 bridgehead atoms. The number of ether oxygens (including phenoxy) is 1. The standard InChI is InChI=1S/C18H19ClN2O2/c1-13(2)12-23-15-7-5-6-14(10-15)11-20-21-18(22)16-8-3-4-9-17(16)19/h3-11,13H,12H2,1-2H3,(H,21,22)/b20-11-. The molecule has 0 heterocycles. The molecule has 0 aliphatic carbocycles. The summed E-state index contributed by atoms with van der Waals surface area (Å²) in [5, 5.41) is 4.35. The molecule has 0 fully saturated rings. The Morgan fingerprint density at radius 1 is 1.26 bits per heavy atom. The van der Waals surface area contributed by atoms with Crippen molar-refractivity contribution in [3.8, 4) is 5.75 Å². The number of nitrogens with one attached hydrogen (secondary N) is 1. The summed E-state index contributed by atoms with van der Waals surface area (Å²) in [6.45, 7) is 4.84. The number of nitrogens with zero attached hydrogens (tertiary/aromatic N) is 1. The van der Waals surface area contributed by atoms with Gasteiger partial charge in [0.2, 0.25) is 0 Å². The van der Waals surface area contributed by atoms with E-state index in [1.54, 1.807) is 30.5 Å². The fourth-order valence-corrected chi connectivity index (χ4v) is 2.04. The van der Waals surface area contributed by atoms with E-state index in [4.69, 9.17) is 16.3 Å². The molecule has 2 aromatic carbocycles. The Morgan fingerprint density at radius 2 is 2.04 bits per heavy atom. The Morgan fingerprint density at radius 3 is 2.78 bits per heavy atom. The van der Waals surface area contributed by atoms with Gasteiger partial charge in [-0.3, -0.25) is 4.79 Å². The molecule has 4 nitrogen and oxygen atoms in total. The van der Waals surface area contributed by atoms with Crippen LogP contribution in [0.15, 0.2) is 53.6 Å². The first kappa shape index (κ1) is 17.0. The first-order chi connectivity index (χ1) is 11.1. The van der Waals surface area contributed by atoms with E-state index in [0.717, 1.165) is 11.3 Å². The molecule has 0 unspecified atom stereocenters. The summed E-state index contributed by atoms with van der Waals surface area (Å²) in [5.41, 5.74) is 3.69. The molecule has 0 aliphatic rings. The van der Waals surface area contributed by atoms with Crippen LogP contribution in [-0.4, -0.2) is 18.7 Å². The fourth-order valence-electron chi connectivity index (χ4n) is 1.82. The second-order valence-corrected chi connectivity index (χ2v) is 5.86. The van der Waals surface area contributed by atoms with E-state index in [1.807, 2.05) is 24.3 Å². The molecule has 2 rings (SSSR count). The second-order valence-electron chi connectivity index (χ2n) is 5.46. The highest BCUT2D eigenvalue weighted by molar-refractivity contribution is 6.33. The second kappa shape index (κ2) is 8.34. The number of hydrogen-bond acceptors (Lipinski definition) is 3. The lowest BCUT2D eigenvalue weighted by Gasteiger charge is -2.08. The minimum absolute atomic E-state index is 0.348. The van der Waals surface area contributed by atoms with E-state index in [1.165, 1.54) is 0 Å². The molecule has 0 saturated heterocycles. The van der Waals surface area contributed by atoms with Gasteiger partial charge in [0, 0.05) is 0 Å². The van der Waals surface area contributed by atoms with E-state index < -0.39 is 0 Å². The highest BCUT2D eigenvalue weighted by Crippen LogP contribution is 2.15. The molecule has 5 heteroatoms. The van der Waals surface area contributed by atoms with E-state index in [-0.39, 0.29) is 5.91 Å². The molecule has 0 aliphatic heterocycles. The van der Waals surface area contributed by atoms with Crippen LogP contribution in [0.25, 0.3) is 0 Å². The van der Waals surface area contributed by atoms with Gasteiger partial charge in [0.25, 0.3) is 5.91 Å². The largest absolute Gasteiger partial charge is 0.493 e. The van der Waals surface area contributed by atoms with Gasteiger partial charge in [-0.2, -0.15) is 5.10 Å². The summed E-state index contributed by atoms with van der Waals surface area (Å²) in [5.74, 6) is 0.890. The molecule has 0 spiro atoms. The highest BCUT2D eigenvalue weighted by Gasteiger charge is 2.07. The zero-order chi connectivity index (χ0) is 16.7. The summed E-state index contributed by atoms with van der Waals surface area (Å²) in [7, 11) is 0. The Kier molecular flexibility index (Phi) is 6.18.